The SMILES string of the molecule is CC(c1cc(Cl)ccc1N(C)C)C(C(N)=O)c1ccccc1. The minimum absolute atomic E-state index is 0.0731. The number of amides is 1. The number of primary amides is 1. The second-order valence-electron chi connectivity index (χ2n) is 5.68. The summed E-state index contributed by atoms with van der Waals surface area (Å²) in [5.41, 5.74) is 8.67. The highest BCUT2D eigenvalue weighted by Crippen LogP contribution is 2.38. The van der Waals surface area contributed by atoms with E-state index in [1.165, 1.54) is 0 Å². The van der Waals surface area contributed by atoms with E-state index in [9.17, 15) is 4.79 Å². The lowest BCUT2D eigenvalue weighted by atomic mass is 9.81. The lowest BCUT2D eigenvalue weighted by Gasteiger charge is -2.27. The highest BCUT2D eigenvalue weighted by molar-refractivity contribution is 6.30. The third kappa shape index (κ3) is 3.42. The van der Waals surface area contributed by atoms with Gasteiger partial charge in [0.15, 0.2) is 0 Å². The van der Waals surface area contributed by atoms with Crippen molar-refractivity contribution in [2.45, 2.75) is 18.8 Å². The van der Waals surface area contributed by atoms with E-state index >= 15 is 0 Å². The highest BCUT2D eigenvalue weighted by Gasteiger charge is 2.28. The summed E-state index contributed by atoms with van der Waals surface area (Å²) in [6.45, 7) is 2.01. The number of rotatable bonds is 5. The van der Waals surface area contributed by atoms with Crippen LogP contribution in [0, 0.1) is 0 Å². The molecule has 3 nitrogen and oxygen atoms in total. The second-order valence-corrected chi connectivity index (χ2v) is 6.11. The lowest BCUT2D eigenvalue weighted by molar-refractivity contribution is -0.119. The molecule has 0 aliphatic heterocycles. The molecule has 0 fully saturated rings. The molecule has 0 spiro atoms. The summed E-state index contributed by atoms with van der Waals surface area (Å²) < 4.78 is 0. The minimum Gasteiger partial charge on any atom is -0.377 e. The Bertz CT molecular complexity index is 655. The standard InChI is InChI=1S/C18H21ClN2O/c1-12(15-11-14(19)9-10-16(15)21(2)3)17(18(20)22)13-7-5-4-6-8-13/h4-12,17H,1-3H3,(H2,20,22). The first-order chi connectivity index (χ1) is 10.4. The first kappa shape index (κ1) is 16.4. The van der Waals surface area contributed by atoms with Gasteiger partial charge >= 0.3 is 0 Å². The quantitative estimate of drug-likeness (QED) is 0.912. The van der Waals surface area contributed by atoms with Gasteiger partial charge in [-0.05, 0) is 35.2 Å². The molecule has 0 bridgehead atoms. The Morgan fingerprint density at radius 3 is 2.32 bits per heavy atom. The van der Waals surface area contributed by atoms with Crippen molar-refractivity contribution in [3.8, 4) is 0 Å². The fourth-order valence-electron chi connectivity index (χ4n) is 2.84. The first-order valence-electron chi connectivity index (χ1n) is 7.23. The Kier molecular flexibility index (Phi) is 5.09. The van der Waals surface area contributed by atoms with Crippen molar-refractivity contribution in [2.75, 3.05) is 19.0 Å². The van der Waals surface area contributed by atoms with E-state index < -0.39 is 5.92 Å². The maximum atomic E-state index is 12.1. The van der Waals surface area contributed by atoms with Crippen LogP contribution in [0.5, 0.6) is 0 Å². The van der Waals surface area contributed by atoms with Crippen LogP contribution in [-0.4, -0.2) is 20.0 Å². The Morgan fingerprint density at radius 2 is 1.77 bits per heavy atom. The van der Waals surface area contributed by atoms with Gasteiger partial charge in [0.25, 0.3) is 0 Å². The van der Waals surface area contributed by atoms with Gasteiger partial charge in [-0.1, -0.05) is 48.9 Å². The Balaban J connectivity index is 2.50. The van der Waals surface area contributed by atoms with Crippen LogP contribution >= 0.6 is 11.6 Å². The van der Waals surface area contributed by atoms with E-state index in [0.29, 0.717) is 5.02 Å². The van der Waals surface area contributed by atoms with Gasteiger partial charge in [-0.25, -0.2) is 0 Å². The number of nitrogens with zero attached hydrogens (tertiary/aromatic N) is 1. The third-order valence-corrected chi connectivity index (χ3v) is 4.16. The van der Waals surface area contributed by atoms with Crippen molar-refractivity contribution in [2.24, 2.45) is 5.73 Å². The van der Waals surface area contributed by atoms with E-state index in [-0.39, 0.29) is 11.8 Å². The maximum Gasteiger partial charge on any atom is 0.225 e. The molecule has 2 unspecified atom stereocenters. The summed E-state index contributed by atoms with van der Waals surface area (Å²) in [6.07, 6.45) is 0. The molecule has 4 heteroatoms. The number of hydrogen-bond donors (Lipinski definition) is 1. The molecule has 2 atom stereocenters. The summed E-state index contributed by atoms with van der Waals surface area (Å²) in [7, 11) is 3.95. The summed E-state index contributed by atoms with van der Waals surface area (Å²) in [5.74, 6) is -0.794. The van der Waals surface area contributed by atoms with Crippen molar-refractivity contribution < 1.29 is 4.79 Å². The van der Waals surface area contributed by atoms with Gasteiger partial charge in [-0.2, -0.15) is 0 Å². The average Bonchev–Trinajstić information content (AvgIpc) is 2.47. The topological polar surface area (TPSA) is 46.3 Å². The Labute approximate surface area is 136 Å². The number of hydrogen-bond acceptors (Lipinski definition) is 2. The Hall–Kier alpha value is -2.00. The van der Waals surface area contributed by atoms with Crippen LogP contribution in [0.25, 0.3) is 0 Å². The summed E-state index contributed by atoms with van der Waals surface area (Å²) in [5, 5.41) is 0.656. The number of halogens is 1. The van der Waals surface area contributed by atoms with Crippen LogP contribution in [0.1, 0.15) is 29.9 Å². The van der Waals surface area contributed by atoms with Gasteiger partial charge < -0.3 is 10.6 Å². The van der Waals surface area contributed by atoms with E-state index in [0.717, 1.165) is 16.8 Å². The molecule has 0 aliphatic carbocycles. The van der Waals surface area contributed by atoms with Gasteiger partial charge in [0.05, 0.1) is 5.92 Å². The monoisotopic (exact) mass is 316 g/mol. The van der Waals surface area contributed by atoms with Gasteiger partial charge in [-0.3, -0.25) is 4.79 Å². The number of nitrogens with two attached hydrogens (primary N) is 1. The molecule has 116 valence electrons. The van der Waals surface area contributed by atoms with Crippen molar-refractivity contribution in [3.05, 3.63) is 64.7 Å². The van der Waals surface area contributed by atoms with Gasteiger partial charge in [0.2, 0.25) is 5.91 Å². The van der Waals surface area contributed by atoms with Crippen LogP contribution in [0.4, 0.5) is 5.69 Å². The first-order valence-corrected chi connectivity index (χ1v) is 7.60. The molecule has 0 saturated heterocycles. The molecule has 2 aromatic rings. The zero-order valence-electron chi connectivity index (χ0n) is 13.1. The Morgan fingerprint density at radius 1 is 1.14 bits per heavy atom. The fraction of sp³-hybridized carbons (Fsp3) is 0.278. The zero-order chi connectivity index (χ0) is 16.3. The molecule has 2 aromatic carbocycles. The molecular formula is C18H21ClN2O. The molecule has 0 aliphatic rings. The largest absolute Gasteiger partial charge is 0.377 e. The van der Waals surface area contributed by atoms with Crippen LogP contribution in [0.2, 0.25) is 5.02 Å². The van der Waals surface area contributed by atoms with Crippen molar-refractivity contribution in [3.63, 3.8) is 0 Å². The van der Waals surface area contributed by atoms with Gasteiger partial charge in [0.1, 0.15) is 0 Å². The predicted octanol–water partition coefficient (Wildman–Crippen LogP) is 3.78. The highest BCUT2D eigenvalue weighted by atomic mass is 35.5. The van der Waals surface area contributed by atoms with E-state index in [2.05, 4.69) is 0 Å². The van der Waals surface area contributed by atoms with Gasteiger partial charge in [0, 0.05) is 24.8 Å². The lowest BCUT2D eigenvalue weighted by Crippen LogP contribution is -2.26. The van der Waals surface area contributed by atoms with E-state index in [1.807, 2.05) is 74.4 Å². The van der Waals surface area contributed by atoms with Crippen LogP contribution < -0.4 is 10.6 Å². The van der Waals surface area contributed by atoms with Crippen molar-refractivity contribution >= 4 is 23.2 Å². The number of anilines is 1. The molecule has 2 N–H and O–H groups in total. The van der Waals surface area contributed by atoms with Crippen molar-refractivity contribution in [1.29, 1.82) is 0 Å². The number of carbonyl (C=O) groups is 1. The molecule has 0 heterocycles. The van der Waals surface area contributed by atoms with Crippen LogP contribution in [0.3, 0.4) is 0 Å². The molecule has 0 radical (unpaired) electrons. The molecule has 1 amide bonds. The second kappa shape index (κ2) is 6.84. The summed E-state index contributed by atoms with van der Waals surface area (Å²) in [6, 6.07) is 15.4. The number of benzene rings is 2. The summed E-state index contributed by atoms with van der Waals surface area (Å²) >= 11 is 6.16. The maximum absolute atomic E-state index is 12.1. The predicted molar refractivity (Wildman–Crippen MR) is 92.6 cm³/mol. The smallest absolute Gasteiger partial charge is 0.225 e. The fourth-order valence-corrected chi connectivity index (χ4v) is 3.02. The van der Waals surface area contributed by atoms with Crippen LogP contribution in [0.15, 0.2) is 48.5 Å². The third-order valence-electron chi connectivity index (χ3n) is 3.93. The zero-order valence-corrected chi connectivity index (χ0v) is 13.8. The molecule has 22 heavy (non-hydrogen) atoms. The van der Waals surface area contributed by atoms with Crippen LogP contribution in [-0.2, 0) is 4.79 Å². The molecule has 2 rings (SSSR count). The average molecular weight is 317 g/mol. The van der Waals surface area contributed by atoms with Gasteiger partial charge in [-0.15, -0.1) is 0 Å². The number of carbonyl (C=O) groups excluding carboxylic acids is 1. The molecule has 0 aromatic heterocycles. The minimum atomic E-state index is -0.390. The van der Waals surface area contributed by atoms with Crippen molar-refractivity contribution in [1.82, 2.24) is 0 Å². The summed E-state index contributed by atoms with van der Waals surface area (Å²) in [4.78, 5) is 14.1. The molecular weight excluding hydrogens is 296 g/mol. The normalized spacial score (nSPS) is 13.5. The van der Waals surface area contributed by atoms with E-state index in [4.69, 9.17) is 17.3 Å². The molecule has 0 saturated carbocycles. The van der Waals surface area contributed by atoms with E-state index in [1.54, 1.807) is 0 Å².